The van der Waals surface area contributed by atoms with Gasteiger partial charge in [0.1, 0.15) is 5.54 Å². The molecule has 4 heteroatoms. The number of amides is 1. The Balaban J connectivity index is 1.90. The first-order chi connectivity index (χ1) is 9.46. The molecule has 3 unspecified atom stereocenters. The van der Waals surface area contributed by atoms with E-state index in [1.54, 1.807) is 0 Å². The first-order valence-corrected chi connectivity index (χ1v) is 8.15. The van der Waals surface area contributed by atoms with Gasteiger partial charge < -0.3 is 15.8 Å². The number of carbonyl (C=O) groups is 1. The molecule has 116 valence electrons. The zero-order chi connectivity index (χ0) is 14.8. The third kappa shape index (κ3) is 2.37. The number of rotatable bonds is 6. The number of unbranched alkanes of at least 4 members (excludes halogenated alkanes) is 3. The molecular formula is C16H30N2O2. The highest BCUT2D eigenvalue weighted by atomic mass is 16.5. The van der Waals surface area contributed by atoms with Crippen LogP contribution in [0.15, 0.2) is 0 Å². The minimum absolute atomic E-state index is 0.0192. The average molecular weight is 282 g/mol. The van der Waals surface area contributed by atoms with Gasteiger partial charge in [-0.25, -0.2) is 0 Å². The van der Waals surface area contributed by atoms with Crippen LogP contribution in [0.4, 0.5) is 0 Å². The summed E-state index contributed by atoms with van der Waals surface area (Å²) in [6, 6.07) is 0. The van der Waals surface area contributed by atoms with Gasteiger partial charge in [-0.2, -0.15) is 0 Å². The van der Waals surface area contributed by atoms with E-state index in [9.17, 15) is 4.79 Å². The molecule has 1 aliphatic heterocycles. The second-order valence-corrected chi connectivity index (χ2v) is 6.95. The third-order valence-electron chi connectivity index (χ3n) is 5.38. The summed E-state index contributed by atoms with van der Waals surface area (Å²) in [6.07, 6.45) is 6.82. The van der Waals surface area contributed by atoms with E-state index in [2.05, 4.69) is 26.1 Å². The lowest BCUT2D eigenvalue weighted by Crippen LogP contribution is -2.82. The van der Waals surface area contributed by atoms with Crippen LogP contribution in [0.2, 0.25) is 0 Å². The van der Waals surface area contributed by atoms with Gasteiger partial charge in [-0.05, 0) is 19.3 Å². The quantitative estimate of drug-likeness (QED) is 0.734. The number of carbonyl (C=O) groups excluding carboxylic acids is 1. The molecule has 2 rings (SSSR count). The topological polar surface area (TPSA) is 64.4 Å². The molecule has 2 fully saturated rings. The van der Waals surface area contributed by atoms with Crippen molar-refractivity contribution in [3.63, 3.8) is 0 Å². The van der Waals surface area contributed by atoms with Crippen LogP contribution in [-0.4, -0.2) is 30.7 Å². The second-order valence-electron chi connectivity index (χ2n) is 6.95. The van der Waals surface area contributed by atoms with Crippen molar-refractivity contribution in [2.24, 2.45) is 17.1 Å². The van der Waals surface area contributed by atoms with Crippen LogP contribution in [0.25, 0.3) is 0 Å². The molecule has 0 spiro atoms. The number of fused-ring (bicyclic) bond motifs is 1. The molecule has 1 aliphatic carbocycles. The maximum Gasteiger partial charge on any atom is 0.241 e. The monoisotopic (exact) mass is 282 g/mol. The van der Waals surface area contributed by atoms with Crippen LogP contribution < -0.4 is 11.1 Å². The van der Waals surface area contributed by atoms with E-state index in [-0.39, 0.29) is 23.3 Å². The number of hydrogen-bond acceptors (Lipinski definition) is 3. The Labute approximate surface area is 122 Å². The van der Waals surface area contributed by atoms with Crippen molar-refractivity contribution in [1.29, 1.82) is 0 Å². The molecular weight excluding hydrogens is 252 g/mol. The van der Waals surface area contributed by atoms with Gasteiger partial charge in [-0.15, -0.1) is 0 Å². The predicted octanol–water partition coefficient (Wildman–Crippen LogP) is 2.22. The first kappa shape index (κ1) is 15.8. The van der Waals surface area contributed by atoms with Crippen LogP contribution in [-0.2, 0) is 9.53 Å². The lowest BCUT2D eigenvalue weighted by atomic mass is 9.46. The van der Waals surface area contributed by atoms with Crippen LogP contribution in [0.3, 0.4) is 0 Å². The summed E-state index contributed by atoms with van der Waals surface area (Å²) in [4.78, 5) is 12.6. The number of hydrogen-bond donors (Lipinski definition) is 2. The Bertz CT molecular complexity index is 356. The smallest absolute Gasteiger partial charge is 0.241 e. The van der Waals surface area contributed by atoms with Crippen molar-refractivity contribution in [1.82, 2.24) is 5.32 Å². The fraction of sp³-hybridized carbons (Fsp3) is 0.938. The lowest BCUT2D eigenvalue weighted by Gasteiger charge is -2.65. The Hall–Kier alpha value is -0.610. The van der Waals surface area contributed by atoms with Gasteiger partial charge in [0.15, 0.2) is 0 Å². The van der Waals surface area contributed by atoms with E-state index in [0.29, 0.717) is 0 Å². The summed E-state index contributed by atoms with van der Waals surface area (Å²) in [5.74, 6) is 0.202. The summed E-state index contributed by atoms with van der Waals surface area (Å²) in [5, 5.41) is 3.05. The van der Waals surface area contributed by atoms with Crippen molar-refractivity contribution < 1.29 is 9.53 Å². The van der Waals surface area contributed by atoms with Gasteiger partial charge in [0.25, 0.3) is 0 Å². The van der Waals surface area contributed by atoms with Crippen molar-refractivity contribution >= 4 is 5.91 Å². The summed E-state index contributed by atoms with van der Waals surface area (Å²) in [7, 11) is 0. The summed E-state index contributed by atoms with van der Waals surface area (Å²) in [6.45, 7) is 7.87. The van der Waals surface area contributed by atoms with E-state index in [4.69, 9.17) is 10.5 Å². The fourth-order valence-electron chi connectivity index (χ4n) is 3.94. The van der Waals surface area contributed by atoms with E-state index in [0.717, 1.165) is 32.4 Å². The Morgan fingerprint density at radius 1 is 1.35 bits per heavy atom. The Morgan fingerprint density at radius 2 is 2.10 bits per heavy atom. The molecule has 0 aromatic heterocycles. The maximum atomic E-state index is 12.6. The fourth-order valence-corrected chi connectivity index (χ4v) is 3.94. The normalized spacial score (nSPS) is 35.0. The minimum Gasteiger partial charge on any atom is -0.377 e. The van der Waals surface area contributed by atoms with Gasteiger partial charge in [0, 0.05) is 24.5 Å². The molecule has 1 amide bonds. The summed E-state index contributed by atoms with van der Waals surface area (Å²) < 4.78 is 5.84. The standard InChI is InChI=1S/C16H30N2O2/c1-4-5-6-7-10-18-14(19)16(17)12-9-8-11-20-13(12)15(16,2)3/h12-13H,4-11,17H2,1-3H3,(H,18,19). The number of nitrogens with one attached hydrogen (secondary N) is 1. The lowest BCUT2D eigenvalue weighted by molar-refractivity contribution is -0.225. The summed E-state index contributed by atoms with van der Waals surface area (Å²) in [5.41, 5.74) is 5.49. The molecule has 0 bridgehead atoms. The molecule has 0 aromatic carbocycles. The van der Waals surface area contributed by atoms with Gasteiger partial charge in [-0.3, -0.25) is 4.79 Å². The van der Waals surface area contributed by atoms with E-state index in [1.165, 1.54) is 19.3 Å². The number of ether oxygens (including phenoxy) is 1. The highest BCUT2D eigenvalue weighted by Crippen LogP contribution is 2.57. The van der Waals surface area contributed by atoms with Gasteiger partial charge in [0.2, 0.25) is 5.91 Å². The van der Waals surface area contributed by atoms with Gasteiger partial charge in [-0.1, -0.05) is 40.0 Å². The van der Waals surface area contributed by atoms with Gasteiger partial charge >= 0.3 is 0 Å². The zero-order valence-electron chi connectivity index (χ0n) is 13.2. The highest BCUT2D eigenvalue weighted by Gasteiger charge is 2.70. The molecule has 2 aliphatic rings. The highest BCUT2D eigenvalue weighted by molar-refractivity contribution is 5.89. The Kier molecular flexibility index (Phi) is 4.75. The summed E-state index contributed by atoms with van der Waals surface area (Å²) >= 11 is 0. The zero-order valence-corrected chi connectivity index (χ0v) is 13.2. The molecule has 3 N–H and O–H groups in total. The third-order valence-corrected chi connectivity index (χ3v) is 5.38. The van der Waals surface area contributed by atoms with Crippen molar-refractivity contribution in [2.45, 2.75) is 70.9 Å². The molecule has 3 atom stereocenters. The van der Waals surface area contributed by atoms with Crippen LogP contribution in [0, 0.1) is 11.3 Å². The van der Waals surface area contributed by atoms with Crippen LogP contribution >= 0.6 is 0 Å². The Morgan fingerprint density at radius 3 is 2.80 bits per heavy atom. The second kappa shape index (κ2) is 6.02. The molecule has 0 aromatic rings. The van der Waals surface area contributed by atoms with E-state index in [1.807, 2.05) is 0 Å². The maximum absolute atomic E-state index is 12.6. The molecule has 1 heterocycles. The predicted molar refractivity (Wildman–Crippen MR) is 80.3 cm³/mol. The molecule has 1 saturated carbocycles. The van der Waals surface area contributed by atoms with Crippen LogP contribution in [0.5, 0.6) is 0 Å². The molecule has 1 saturated heterocycles. The minimum atomic E-state index is -0.761. The first-order valence-electron chi connectivity index (χ1n) is 8.15. The SMILES string of the molecule is CCCCCCNC(=O)C1(N)C2CCCOC2C1(C)C. The van der Waals surface area contributed by atoms with Crippen molar-refractivity contribution in [3.8, 4) is 0 Å². The van der Waals surface area contributed by atoms with Gasteiger partial charge in [0.05, 0.1) is 6.10 Å². The molecule has 20 heavy (non-hydrogen) atoms. The largest absolute Gasteiger partial charge is 0.377 e. The van der Waals surface area contributed by atoms with E-state index < -0.39 is 5.54 Å². The molecule has 4 nitrogen and oxygen atoms in total. The van der Waals surface area contributed by atoms with Crippen molar-refractivity contribution in [3.05, 3.63) is 0 Å². The van der Waals surface area contributed by atoms with E-state index >= 15 is 0 Å². The molecule has 0 radical (unpaired) electrons. The van der Waals surface area contributed by atoms with Crippen molar-refractivity contribution in [2.75, 3.05) is 13.2 Å². The average Bonchev–Trinajstić information content (AvgIpc) is 2.45. The number of nitrogens with two attached hydrogens (primary N) is 1. The van der Waals surface area contributed by atoms with Crippen LogP contribution in [0.1, 0.15) is 59.3 Å².